The minimum absolute atomic E-state index is 0.0292. The third kappa shape index (κ3) is 1.65. The van der Waals surface area contributed by atoms with Gasteiger partial charge in [-0.3, -0.25) is 0 Å². The molecule has 2 rings (SSSR count). The van der Waals surface area contributed by atoms with Crippen LogP contribution < -0.4 is 10.6 Å². The van der Waals surface area contributed by atoms with E-state index in [1.54, 1.807) is 18.0 Å². The van der Waals surface area contributed by atoms with Crippen LogP contribution in [0.15, 0.2) is 18.2 Å². The van der Waals surface area contributed by atoms with Gasteiger partial charge >= 0.3 is 6.18 Å². The van der Waals surface area contributed by atoms with Gasteiger partial charge in [-0.25, -0.2) is 0 Å². The second kappa shape index (κ2) is 3.66. The fourth-order valence-electron chi connectivity index (χ4n) is 2.22. The molecular weight excluding hydrogens is 217 g/mol. The first kappa shape index (κ1) is 11.3. The summed E-state index contributed by atoms with van der Waals surface area (Å²) in [5.41, 5.74) is 5.99. The SMILES string of the molecule is CN1c2c(cccc2C(F)(F)F)CC1CN. The monoisotopic (exact) mass is 230 g/mol. The Morgan fingerprint density at radius 1 is 1.44 bits per heavy atom. The number of likely N-dealkylation sites (N-methyl/N-ethyl adjacent to an activating group) is 1. The van der Waals surface area contributed by atoms with Gasteiger partial charge in [0, 0.05) is 19.6 Å². The molecule has 1 aliphatic rings. The minimum Gasteiger partial charge on any atom is -0.369 e. The third-order valence-electron chi connectivity index (χ3n) is 3.05. The van der Waals surface area contributed by atoms with E-state index in [0.29, 0.717) is 13.0 Å². The molecule has 0 aromatic heterocycles. The van der Waals surface area contributed by atoms with Crippen molar-refractivity contribution in [3.63, 3.8) is 0 Å². The topological polar surface area (TPSA) is 29.3 Å². The second-order valence-corrected chi connectivity index (χ2v) is 4.02. The summed E-state index contributed by atoms with van der Waals surface area (Å²) in [6.07, 6.45) is -3.71. The number of halogens is 3. The molecule has 1 unspecified atom stereocenters. The van der Waals surface area contributed by atoms with Crippen LogP contribution in [0, 0.1) is 0 Å². The van der Waals surface area contributed by atoms with Gasteiger partial charge in [0.1, 0.15) is 0 Å². The molecule has 0 bridgehead atoms. The van der Waals surface area contributed by atoms with E-state index < -0.39 is 11.7 Å². The molecule has 0 radical (unpaired) electrons. The van der Waals surface area contributed by atoms with Gasteiger partial charge in [0.2, 0.25) is 0 Å². The lowest BCUT2D eigenvalue weighted by Gasteiger charge is -2.23. The molecule has 5 heteroatoms. The molecular formula is C11H13F3N2. The average molecular weight is 230 g/mol. The van der Waals surface area contributed by atoms with E-state index in [1.165, 1.54) is 6.07 Å². The fraction of sp³-hybridized carbons (Fsp3) is 0.455. The summed E-state index contributed by atoms with van der Waals surface area (Å²) in [5.74, 6) is 0. The highest BCUT2D eigenvalue weighted by atomic mass is 19.4. The van der Waals surface area contributed by atoms with E-state index in [0.717, 1.165) is 11.6 Å². The first-order valence-corrected chi connectivity index (χ1v) is 5.07. The number of para-hydroxylation sites is 1. The van der Waals surface area contributed by atoms with Gasteiger partial charge in [0.25, 0.3) is 0 Å². The quantitative estimate of drug-likeness (QED) is 0.799. The van der Waals surface area contributed by atoms with Crippen molar-refractivity contribution in [2.24, 2.45) is 5.73 Å². The molecule has 0 aliphatic carbocycles. The summed E-state index contributed by atoms with van der Waals surface area (Å²) in [4.78, 5) is 1.64. The summed E-state index contributed by atoms with van der Waals surface area (Å²) in [6.45, 7) is 0.364. The van der Waals surface area contributed by atoms with Crippen LogP contribution in [0.1, 0.15) is 11.1 Å². The van der Waals surface area contributed by atoms with Crippen molar-refractivity contribution in [1.82, 2.24) is 0 Å². The molecule has 0 saturated carbocycles. The van der Waals surface area contributed by atoms with Gasteiger partial charge in [0.05, 0.1) is 11.3 Å². The second-order valence-electron chi connectivity index (χ2n) is 4.02. The molecule has 1 aromatic carbocycles. The molecule has 0 fully saturated rings. The van der Waals surface area contributed by atoms with Crippen molar-refractivity contribution in [2.75, 3.05) is 18.5 Å². The molecule has 0 saturated heterocycles. The Morgan fingerprint density at radius 2 is 2.12 bits per heavy atom. The standard InChI is InChI=1S/C11H13F3N2/c1-16-8(6-15)5-7-3-2-4-9(10(7)16)11(12,13)14/h2-4,8H,5-6,15H2,1H3. The number of alkyl halides is 3. The first-order chi connectivity index (χ1) is 7.45. The largest absolute Gasteiger partial charge is 0.418 e. The maximum absolute atomic E-state index is 12.8. The number of hydrogen-bond donors (Lipinski definition) is 1. The molecule has 2 N–H and O–H groups in total. The summed E-state index contributed by atoms with van der Waals surface area (Å²) in [7, 11) is 1.67. The van der Waals surface area contributed by atoms with E-state index in [-0.39, 0.29) is 11.7 Å². The lowest BCUT2D eigenvalue weighted by molar-refractivity contribution is -0.137. The van der Waals surface area contributed by atoms with E-state index in [2.05, 4.69) is 0 Å². The Bertz CT molecular complexity index is 401. The maximum Gasteiger partial charge on any atom is 0.418 e. The summed E-state index contributed by atoms with van der Waals surface area (Å²) >= 11 is 0. The Morgan fingerprint density at radius 3 is 2.69 bits per heavy atom. The Kier molecular flexibility index (Phi) is 2.58. The van der Waals surface area contributed by atoms with Crippen LogP contribution in [0.4, 0.5) is 18.9 Å². The molecule has 1 atom stereocenters. The maximum atomic E-state index is 12.8. The van der Waals surface area contributed by atoms with Crippen molar-refractivity contribution >= 4 is 5.69 Å². The first-order valence-electron chi connectivity index (χ1n) is 5.07. The Balaban J connectivity index is 2.51. The highest BCUT2D eigenvalue weighted by molar-refractivity contribution is 5.65. The number of benzene rings is 1. The van der Waals surface area contributed by atoms with Crippen molar-refractivity contribution in [3.8, 4) is 0 Å². The summed E-state index contributed by atoms with van der Waals surface area (Å²) in [5, 5.41) is 0. The lowest BCUT2D eigenvalue weighted by Crippen LogP contribution is -2.35. The third-order valence-corrected chi connectivity index (χ3v) is 3.05. The van der Waals surface area contributed by atoms with Crippen molar-refractivity contribution in [2.45, 2.75) is 18.6 Å². The highest BCUT2D eigenvalue weighted by Crippen LogP contribution is 2.42. The number of hydrogen-bond acceptors (Lipinski definition) is 2. The molecule has 0 spiro atoms. The van der Waals surface area contributed by atoms with Crippen LogP contribution in [0.3, 0.4) is 0 Å². The molecule has 88 valence electrons. The van der Waals surface area contributed by atoms with Crippen LogP contribution in [-0.2, 0) is 12.6 Å². The molecule has 16 heavy (non-hydrogen) atoms. The van der Waals surface area contributed by atoms with Crippen LogP contribution in [-0.4, -0.2) is 19.6 Å². The van der Waals surface area contributed by atoms with E-state index in [4.69, 9.17) is 5.73 Å². The zero-order valence-corrected chi connectivity index (χ0v) is 8.88. The molecule has 1 heterocycles. The number of nitrogens with zero attached hydrogens (tertiary/aromatic N) is 1. The van der Waals surface area contributed by atoms with Crippen LogP contribution in [0.5, 0.6) is 0 Å². The van der Waals surface area contributed by atoms with E-state index in [9.17, 15) is 13.2 Å². The number of nitrogens with two attached hydrogens (primary N) is 1. The molecule has 1 aromatic rings. The van der Waals surface area contributed by atoms with Crippen molar-refractivity contribution < 1.29 is 13.2 Å². The highest BCUT2D eigenvalue weighted by Gasteiger charge is 2.38. The van der Waals surface area contributed by atoms with Gasteiger partial charge in [0.15, 0.2) is 0 Å². The van der Waals surface area contributed by atoms with Crippen molar-refractivity contribution in [3.05, 3.63) is 29.3 Å². The van der Waals surface area contributed by atoms with Crippen LogP contribution in [0.25, 0.3) is 0 Å². The lowest BCUT2D eigenvalue weighted by atomic mass is 10.1. The number of rotatable bonds is 1. The van der Waals surface area contributed by atoms with Gasteiger partial charge in [-0.05, 0) is 18.1 Å². The summed E-state index contributed by atoms with van der Waals surface area (Å²) in [6, 6.07) is 4.28. The smallest absolute Gasteiger partial charge is 0.369 e. The Labute approximate surface area is 91.8 Å². The predicted octanol–water partition coefficient (Wildman–Crippen LogP) is 2.02. The number of fused-ring (bicyclic) bond motifs is 1. The molecule has 2 nitrogen and oxygen atoms in total. The Hall–Kier alpha value is -1.23. The van der Waals surface area contributed by atoms with Gasteiger partial charge < -0.3 is 10.6 Å². The van der Waals surface area contributed by atoms with Gasteiger partial charge in [-0.1, -0.05) is 12.1 Å². The minimum atomic E-state index is -4.30. The zero-order chi connectivity index (χ0) is 11.9. The van der Waals surface area contributed by atoms with Crippen LogP contribution >= 0.6 is 0 Å². The molecule has 1 aliphatic heterocycles. The van der Waals surface area contributed by atoms with E-state index in [1.807, 2.05) is 0 Å². The fourth-order valence-corrected chi connectivity index (χ4v) is 2.22. The zero-order valence-electron chi connectivity index (χ0n) is 8.88. The van der Waals surface area contributed by atoms with Gasteiger partial charge in [-0.2, -0.15) is 13.2 Å². The van der Waals surface area contributed by atoms with Gasteiger partial charge in [-0.15, -0.1) is 0 Å². The average Bonchev–Trinajstić information content (AvgIpc) is 2.54. The predicted molar refractivity (Wildman–Crippen MR) is 56.4 cm³/mol. The summed E-state index contributed by atoms with van der Waals surface area (Å²) < 4.78 is 38.4. The van der Waals surface area contributed by atoms with Crippen molar-refractivity contribution in [1.29, 1.82) is 0 Å². The van der Waals surface area contributed by atoms with Crippen LogP contribution in [0.2, 0.25) is 0 Å². The number of anilines is 1. The normalized spacial score (nSPS) is 20.1. The van der Waals surface area contributed by atoms with E-state index >= 15 is 0 Å². The molecule has 0 amide bonds.